The fourth-order valence-electron chi connectivity index (χ4n) is 3.86. The average Bonchev–Trinajstić information content (AvgIpc) is 2.74. The Morgan fingerprint density at radius 3 is 2.40 bits per heavy atom. The summed E-state index contributed by atoms with van der Waals surface area (Å²) in [5.74, 6) is 0.287. The molecule has 1 fully saturated rings. The topological polar surface area (TPSA) is 96.2 Å². The summed E-state index contributed by atoms with van der Waals surface area (Å²) in [6, 6.07) is 14.2. The minimum absolute atomic E-state index is 0. The third-order valence-electron chi connectivity index (χ3n) is 5.57. The SMILES string of the molecule is Cc1ccc(C(=O)NC(CN)C2CCCCC2)cc1NC(=O)Nc1ccccc1.Cl. The molecule has 0 aromatic heterocycles. The molecule has 1 aliphatic rings. The van der Waals surface area contributed by atoms with E-state index in [0.29, 0.717) is 29.4 Å². The highest BCUT2D eigenvalue weighted by atomic mass is 35.5. The molecule has 5 N–H and O–H groups in total. The highest BCUT2D eigenvalue weighted by Crippen LogP contribution is 2.26. The number of urea groups is 1. The number of halogens is 1. The van der Waals surface area contributed by atoms with Crippen molar-refractivity contribution in [1.29, 1.82) is 0 Å². The van der Waals surface area contributed by atoms with Gasteiger partial charge < -0.3 is 21.7 Å². The van der Waals surface area contributed by atoms with E-state index in [4.69, 9.17) is 5.73 Å². The van der Waals surface area contributed by atoms with E-state index in [-0.39, 0.29) is 30.4 Å². The van der Waals surface area contributed by atoms with E-state index < -0.39 is 0 Å². The zero-order valence-electron chi connectivity index (χ0n) is 17.3. The van der Waals surface area contributed by atoms with Crippen LogP contribution in [0, 0.1) is 12.8 Å². The summed E-state index contributed by atoms with van der Waals surface area (Å²) < 4.78 is 0. The molecular formula is C23H31ClN4O2. The van der Waals surface area contributed by atoms with E-state index in [1.807, 2.05) is 43.3 Å². The van der Waals surface area contributed by atoms with Gasteiger partial charge in [-0.25, -0.2) is 4.79 Å². The number of nitrogens with two attached hydrogens (primary N) is 1. The van der Waals surface area contributed by atoms with Gasteiger partial charge in [-0.2, -0.15) is 0 Å². The zero-order valence-corrected chi connectivity index (χ0v) is 18.1. The summed E-state index contributed by atoms with van der Waals surface area (Å²) in [7, 11) is 0. The maximum Gasteiger partial charge on any atom is 0.323 e. The molecule has 0 aliphatic heterocycles. The second-order valence-corrected chi connectivity index (χ2v) is 7.69. The van der Waals surface area contributed by atoms with E-state index in [1.54, 1.807) is 12.1 Å². The fraction of sp³-hybridized carbons (Fsp3) is 0.391. The Kier molecular flexibility index (Phi) is 9.15. The number of carbonyl (C=O) groups excluding carboxylic acids is 2. The molecule has 1 atom stereocenters. The van der Waals surface area contributed by atoms with Gasteiger partial charge in [-0.15, -0.1) is 12.4 Å². The van der Waals surface area contributed by atoms with E-state index in [0.717, 1.165) is 18.4 Å². The van der Waals surface area contributed by atoms with Crippen molar-refractivity contribution in [3.05, 3.63) is 59.7 Å². The molecule has 0 bridgehead atoms. The number of anilines is 2. The van der Waals surface area contributed by atoms with Crippen LogP contribution in [-0.4, -0.2) is 24.5 Å². The van der Waals surface area contributed by atoms with Crippen molar-refractivity contribution in [2.45, 2.75) is 45.1 Å². The van der Waals surface area contributed by atoms with Crippen LogP contribution in [0.4, 0.5) is 16.2 Å². The number of hydrogen-bond donors (Lipinski definition) is 4. The average molecular weight is 431 g/mol. The molecule has 3 amide bonds. The van der Waals surface area contributed by atoms with Crippen LogP contribution in [-0.2, 0) is 0 Å². The quantitative estimate of drug-likeness (QED) is 0.534. The van der Waals surface area contributed by atoms with Gasteiger partial charge in [0.2, 0.25) is 0 Å². The van der Waals surface area contributed by atoms with Crippen LogP contribution in [0.2, 0.25) is 0 Å². The number of hydrogen-bond acceptors (Lipinski definition) is 3. The first kappa shape index (κ1) is 23.7. The first-order chi connectivity index (χ1) is 14.1. The highest BCUT2D eigenvalue weighted by molar-refractivity contribution is 6.02. The van der Waals surface area contributed by atoms with Crippen LogP contribution in [0.5, 0.6) is 0 Å². The lowest BCUT2D eigenvalue weighted by molar-refractivity contribution is 0.0915. The summed E-state index contributed by atoms with van der Waals surface area (Å²) in [6.45, 7) is 2.33. The summed E-state index contributed by atoms with van der Waals surface area (Å²) in [6.07, 6.45) is 5.89. The first-order valence-electron chi connectivity index (χ1n) is 10.3. The molecule has 0 spiro atoms. The summed E-state index contributed by atoms with van der Waals surface area (Å²) in [5, 5.41) is 8.71. The van der Waals surface area contributed by atoms with Gasteiger partial charge in [0.15, 0.2) is 0 Å². The highest BCUT2D eigenvalue weighted by Gasteiger charge is 2.24. The van der Waals surface area contributed by atoms with Gasteiger partial charge in [0.05, 0.1) is 0 Å². The Morgan fingerprint density at radius 2 is 1.73 bits per heavy atom. The third-order valence-corrected chi connectivity index (χ3v) is 5.57. The van der Waals surface area contributed by atoms with Crippen molar-refractivity contribution >= 4 is 35.7 Å². The van der Waals surface area contributed by atoms with E-state index in [2.05, 4.69) is 16.0 Å². The monoisotopic (exact) mass is 430 g/mol. The molecular weight excluding hydrogens is 400 g/mol. The molecule has 30 heavy (non-hydrogen) atoms. The number of amides is 3. The predicted molar refractivity (Wildman–Crippen MR) is 124 cm³/mol. The van der Waals surface area contributed by atoms with Crippen molar-refractivity contribution in [2.24, 2.45) is 11.7 Å². The second-order valence-electron chi connectivity index (χ2n) is 7.69. The Hall–Kier alpha value is -2.57. The normalized spacial score (nSPS) is 14.9. The lowest BCUT2D eigenvalue weighted by Crippen LogP contribution is -2.45. The lowest BCUT2D eigenvalue weighted by Gasteiger charge is -2.30. The third kappa shape index (κ3) is 6.47. The van der Waals surface area contributed by atoms with Gasteiger partial charge >= 0.3 is 6.03 Å². The molecule has 1 aliphatic carbocycles. The van der Waals surface area contributed by atoms with E-state index >= 15 is 0 Å². The number of para-hydroxylation sites is 1. The van der Waals surface area contributed by atoms with Crippen molar-refractivity contribution in [2.75, 3.05) is 17.2 Å². The molecule has 1 saturated carbocycles. The Bertz CT molecular complexity index is 838. The first-order valence-corrected chi connectivity index (χ1v) is 10.3. The van der Waals surface area contributed by atoms with Crippen LogP contribution in [0.25, 0.3) is 0 Å². The van der Waals surface area contributed by atoms with E-state index in [9.17, 15) is 9.59 Å². The number of carbonyl (C=O) groups is 2. The smallest absolute Gasteiger partial charge is 0.323 e. The van der Waals surface area contributed by atoms with Crippen molar-refractivity contribution < 1.29 is 9.59 Å². The predicted octanol–water partition coefficient (Wildman–Crippen LogP) is 4.70. The standard InChI is InChI=1S/C23H30N4O2.ClH/c1-16-12-13-18(22(28)26-21(15-24)17-8-4-2-5-9-17)14-20(16)27-23(29)25-19-10-6-3-7-11-19;/h3,6-7,10-14,17,21H,2,4-5,8-9,15,24H2,1H3,(H,26,28)(H2,25,27,29);1H. The fourth-order valence-corrected chi connectivity index (χ4v) is 3.86. The van der Waals surface area contributed by atoms with Gasteiger partial charge in [0.25, 0.3) is 5.91 Å². The summed E-state index contributed by atoms with van der Waals surface area (Å²) >= 11 is 0. The number of rotatable bonds is 6. The molecule has 162 valence electrons. The van der Waals surface area contributed by atoms with Gasteiger partial charge in [-0.05, 0) is 55.5 Å². The largest absolute Gasteiger partial charge is 0.348 e. The van der Waals surface area contributed by atoms with Gasteiger partial charge in [-0.1, -0.05) is 43.5 Å². The Balaban J connectivity index is 0.00000320. The second kappa shape index (κ2) is 11.6. The molecule has 0 saturated heterocycles. The molecule has 3 rings (SSSR count). The van der Waals surface area contributed by atoms with Crippen LogP contribution < -0.4 is 21.7 Å². The minimum Gasteiger partial charge on any atom is -0.348 e. The van der Waals surface area contributed by atoms with Crippen molar-refractivity contribution in [3.8, 4) is 0 Å². The van der Waals surface area contributed by atoms with Crippen molar-refractivity contribution in [1.82, 2.24) is 5.32 Å². The minimum atomic E-state index is -0.348. The Labute approximate surface area is 184 Å². The van der Waals surface area contributed by atoms with Gasteiger partial charge in [0.1, 0.15) is 0 Å². The molecule has 6 nitrogen and oxygen atoms in total. The Morgan fingerprint density at radius 1 is 1.03 bits per heavy atom. The molecule has 7 heteroatoms. The van der Waals surface area contributed by atoms with E-state index in [1.165, 1.54) is 19.3 Å². The zero-order chi connectivity index (χ0) is 20.6. The van der Waals surface area contributed by atoms with Crippen LogP contribution in [0.3, 0.4) is 0 Å². The number of benzene rings is 2. The van der Waals surface area contributed by atoms with Crippen LogP contribution >= 0.6 is 12.4 Å². The molecule has 1 unspecified atom stereocenters. The molecule has 0 radical (unpaired) electrons. The lowest BCUT2D eigenvalue weighted by atomic mass is 9.84. The van der Waals surface area contributed by atoms with Crippen LogP contribution in [0.15, 0.2) is 48.5 Å². The van der Waals surface area contributed by atoms with Gasteiger partial charge in [0, 0.05) is 29.5 Å². The summed E-state index contributed by atoms with van der Waals surface area (Å²) in [4.78, 5) is 25.1. The maximum absolute atomic E-state index is 12.8. The maximum atomic E-state index is 12.8. The molecule has 2 aromatic carbocycles. The van der Waals surface area contributed by atoms with Gasteiger partial charge in [-0.3, -0.25) is 4.79 Å². The summed E-state index contributed by atoms with van der Waals surface area (Å²) in [5.41, 5.74) is 8.65. The molecule has 2 aromatic rings. The van der Waals surface area contributed by atoms with Crippen LogP contribution in [0.1, 0.15) is 48.0 Å². The van der Waals surface area contributed by atoms with Crippen molar-refractivity contribution in [3.63, 3.8) is 0 Å². The number of aryl methyl sites for hydroxylation is 1. The molecule has 0 heterocycles. The number of nitrogens with one attached hydrogen (secondary N) is 3.